The Labute approximate surface area is 113 Å². The minimum absolute atomic E-state index is 0.267. The summed E-state index contributed by atoms with van der Waals surface area (Å²) in [6, 6.07) is 2.49. The highest BCUT2D eigenvalue weighted by Crippen LogP contribution is 2.33. The molecule has 3 heterocycles. The molecular formula is C13H15BrF2N2. The summed E-state index contributed by atoms with van der Waals surface area (Å²) in [6.45, 7) is 3.25. The van der Waals surface area contributed by atoms with Gasteiger partial charge >= 0.3 is 0 Å². The number of hydrogen-bond donors (Lipinski definition) is 1. The predicted octanol–water partition coefficient (Wildman–Crippen LogP) is 3.23. The first-order valence-corrected chi connectivity index (χ1v) is 7.06. The number of piperidine rings is 3. The van der Waals surface area contributed by atoms with Gasteiger partial charge in [0.05, 0.1) is 5.69 Å². The third-order valence-corrected chi connectivity index (χ3v) is 4.62. The first-order valence-electron chi connectivity index (χ1n) is 6.27. The average molecular weight is 317 g/mol. The van der Waals surface area contributed by atoms with E-state index in [1.807, 2.05) is 0 Å². The zero-order valence-electron chi connectivity index (χ0n) is 9.93. The van der Waals surface area contributed by atoms with Crippen molar-refractivity contribution in [3.63, 3.8) is 0 Å². The average Bonchev–Trinajstić information content (AvgIpc) is 2.35. The smallest absolute Gasteiger partial charge is 0.150 e. The number of fused-ring (bicyclic) bond motifs is 3. The number of halogens is 3. The van der Waals surface area contributed by atoms with Gasteiger partial charge in [-0.3, -0.25) is 0 Å². The highest BCUT2D eigenvalue weighted by atomic mass is 79.9. The fourth-order valence-corrected chi connectivity index (χ4v) is 3.52. The van der Waals surface area contributed by atoms with Crippen LogP contribution < -0.4 is 5.32 Å². The van der Waals surface area contributed by atoms with Crippen LogP contribution in [-0.2, 0) is 0 Å². The number of benzene rings is 1. The summed E-state index contributed by atoms with van der Waals surface area (Å²) in [6.07, 6.45) is 2.33. The maximum absolute atomic E-state index is 13.8. The van der Waals surface area contributed by atoms with E-state index in [0.29, 0.717) is 16.1 Å². The number of hydrogen-bond acceptors (Lipinski definition) is 2. The van der Waals surface area contributed by atoms with Gasteiger partial charge in [0.25, 0.3) is 0 Å². The van der Waals surface area contributed by atoms with Gasteiger partial charge in [-0.1, -0.05) is 0 Å². The van der Waals surface area contributed by atoms with Crippen molar-refractivity contribution in [1.29, 1.82) is 0 Å². The Balaban J connectivity index is 1.81. The van der Waals surface area contributed by atoms with E-state index in [1.54, 1.807) is 0 Å². The van der Waals surface area contributed by atoms with E-state index in [2.05, 4.69) is 26.1 Å². The van der Waals surface area contributed by atoms with E-state index in [9.17, 15) is 8.78 Å². The predicted molar refractivity (Wildman–Crippen MR) is 70.6 cm³/mol. The molecule has 3 aliphatic rings. The van der Waals surface area contributed by atoms with Crippen LogP contribution in [0.1, 0.15) is 12.8 Å². The Morgan fingerprint density at radius 1 is 1.22 bits per heavy atom. The van der Waals surface area contributed by atoms with Crippen LogP contribution in [0.5, 0.6) is 0 Å². The molecule has 1 N–H and O–H groups in total. The van der Waals surface area contributed by atoms with E-state index < -0.39 is 11.6 Å². The monoisotopic (exact) mass is 316 g/mol. The van der Waals surface area contributed by atoms with Crippen molar-refractivity contribution in [2.45, 2.75) is 18.9 Å². The van der Waals surface area contributed by atoms with Crippen molar-refractivity contribution in [3.05, 3.63) is 28.2 Å². The fraction of sp³-hybridized carbons (Fsp3) is 0.538. The maximum atomic E-state index is 13.8. The Kier molecular flexibility index (Phi) is 3.28. The third kappa shape index (κ3) is 2.26. The molecule has 3 aliphatic heterocycles. The lowest BCUT2D eigenvalue weighted by Gasteiger charge is -2.45. The first-order chi connectivity index (χ1) is 8.63. The molecule has 0 aliphatic carbocycles. The summed E-state index contributed by atoms with van der Waals surface area (Å²) in [7, 11) is 0. The standard InChI is InChI=1S/C13H15BrF2N2/c14-10-5-9(15)6-11(16)13(10)17-12-7-18-3-1-8(12)2-4-18/h5-6,8,12,17H,1-4,7H2. The minimum atomic E-state index is -0.557. The molecule has 1 atom stereocenters. The molecule has 0 radical (unpaired) electrons. The van der Waals surface area contributed by atoms with Gasteiger partial charge in [0.2, 0.25) is 0 Å². The molecule has 1 unspecified atom stereocenters. The molecule has 0 spiro atoms. The van der Waals surface area contributed by atoms with Crippen LogP contribution in [0.25, 0.3) is 0 Å². The van der Waals surface area contributed by atoms with Crippen LogP contribution >= 0.6 is 15.9 Å². The summed E-state index contributed by atoms with van der Waals surface area (Å²) in [5, 5.41) is 3.25. The molecule has 0 saturated carbocycles. The zero-order chi connectivity index (χ0) is 12.7. The topological polar surface area (TPSA) is 15.3 Å². The Morgan fingerprint density at radius 3 is 2.50 bits per heavy atom. The fourth-order valence-electron chi connectivity index (χ4n) is 2.99. The second-order valence-electron chi connectivity index (χ2n) is 5.13. The van der Waals surface area contributed by atoms with Crippen LogP contribution in [0.3, 0.4) is 0 Å². The van der Waals surface area contributed by atoms with Crippen molar-refractivity contribution in [2.75, 3.05) is 25.0 Å². The Bertz CT molecular complexity index is 435. The van der Waals surface area contributed by atoms with E-state index in [1.165, 1.54) is 6.07 Å². The molecule has 5 heteroatoms. The van der Waals surface area contributed by atoms with Crippen molar-refractivity contribution >= 4 is 21.6 Å². The number of rotatable bonds is 2. The first kappa shape index (κ1) is 12.4. The Morgan fingerprint density at radius 2 is 1.94 bits per heavy atom. The van der Waals surface area contributed by atoms with E-state index in [4.69, 9.17) is 0 Å². The third-order valence-electron chi connectivity index (χ3n) is 3.99. The van der Waals surface area contributed by atoms with Gasteiger partial charge in [0, 0.05) is 23.1 Å². The van der Waals surface area contributed by atoms with E-state index in [-0.39, 0.29) is 6.04 Å². The highest BCUT2D eigenvalue weighted by molar-refractivity contribution is 9.10. The normalized spacial score (nSPS) is 30.5. The van der Waals surface area contributed by atoms with Gasteiger partial charge in [0.1, 0.15) is 11.6 Å². The lowest BCUT2D eigenvalue weighted by atomic mass is 9.84. The highest BCUT2D eigenvalue weighted by Gasteiger charge is 2.34. The summed E-state index contributed by atoms with van der Waals surface area (Å²) in [5.74, 6) is -0.483. The maximum Gasteiger partial charge on any atom is 0.150 e. The van der Waals surface area contributed by atoms with Crippen LogP contribution in [-0.4, -0.2) is 30.6 Å². The van der Waals surface area contributed by atoms with Gasteiger partial charge in [-0.05, 0) is 53.8 Å². The molecule has 1 aromatic rings. The van der Waals surface area contributed by atoms with Crippen molar-refractivity contribution in [1.82, 2.24) is 4.90 Å². The van der Waals surface area contributed by atoms with Crippen LogP contribution in [0, 0.1) is 17.6 Å². The van der Waals surface area contributed by atoms with E-state index >= 15 is 0 Å². The van der Waals surface area contributed by atoms with E-state index in [0.717, 1.165) is 38.5 Å². The number of nitrogens with one attached hydrogen (secondary N) is 1. The van der Waals surface area contributed by atoms with Gasteiger partial charge in [-0.15, -0.1) is 0 Å². The number of anilines is 1. The van der Waals surface area contributed by atoms with Gasteiger partial charge in [-0.25, -0.2) is 8.78 Å². The van der Waals surface area contributed by atoms with Crippen molar-refractivity contribution in [3.8, 4) is 0 Å². The summed E-state index contributed by atoms with van der Waals surface area (Å²) >= 11 is 3.22. The van der Waals surface area contributed by atoms with Crippen molar-refractivity contribution in [2.24, 2.45) is 5.92 Å². The number of nitrogens with zero attached hydrogens (tertiary/aromatic N) is 1. The molecule has 18 heavy (non-hydrogen) atoms. The molecule has 3 fully saturated rings. The van der Waals surface area contributed by atoms with Crippen LogP contribution in [0.15, 0.2) is 16.6 Å². The second-order valence-corrected chi connectivity index (χ2v) is 5.99. The quantitative estimate of drug-likeness (QED) is 0.901. The molecule has 2 nitrogen and oxygen atoms in total. The molecule has 4 rings (SSSR count). The lowest BCUT2D eigenvalue weighted by Crippen LogP contribution is -2.53. The summed E-state index contributed by atoms with van der Waals surface area (Å²) in [5.41, 5.74) is 0.384. The molecule has 0 amide bonds. The van der Waals surface area contributed by atoms with Gasteiger partial charge in [-0.2, -0.15) is 0 Å². The largest absolute Gasteiger partial charge is 0.377 e. The summed E-state index contributed by atoms with van der Waals surface area (Å²) in [4.78, 5) is 2.40. The molecule has 2 bridgehead atoms. The molecule has 0 aromatic heterocycles. The lowest BCUT2D eigenvalue weighted by molar-refractivity contribution is 0.0973. The SMILES string of the molecule is Fc1cc(F)c(NC2CN3CCC2CC3)c(Br)c1. The van der Waals surface area contributed by atoms with Gasteiger partial charge in [0.15, 0.2) is 0 Å². The molecule has 98 valence electrons. The van der Waals surface area contributed by atoms with Gasteiger partial charge < -0.3 is 10.2 Å². The molecular weight excluding hydrogens is 302 g/mol. The van der Waals surface area contributed by atoms with Crippen LogP contribution in [0.4, 0.5) is 14.5 Å². The summed E-state index contributed by atoms with van der Waals surface area (Å²) < 4.78 is 27.2. The zero-order valence-corrected chi connectivity index (χ0v) is 11.5. The van der Waals surface area contributed by atoms with Crippen LogP contribution in [0.2, 0.25) is 0 Å². The second kappa shape index (κ2) is 4.78. The Hall–Kier alpha value is -0.680. The minimum Gasteiger partial charge on any atom is -0.377 e. The molecule has 1 aromatic carbocycles. The van der Waals surface area contributed by atoms with Crippen molar-refractivity contribution < 1.29 is 8.78 Å². The molecule has 3 saturated heterocycles.